The molecule has 3 heteroatoms. The van der Waals surface area contributed by atoms with Gasteiger partial charge in [0, 0.05) is 5.69 Å². The quantitative estimate of drug-likeness (QED) is 0.828. The third kappa shape index (κ3) is 3.57. The summed E-state index contributed by atoms with van der Waals surface area (Å²) in [5.74, 6) is 0.506. The second-order valence-corrected chi connectivity index (χ2v) is 5.45. The lowest BCUT2D eigenvalue weighted by atomic mass is 9.80. The van der Waals surface area contributed by atoms with E-state index in [1.54, 1.807) is 12.1 Å². The third-order valence-electron chi connectivity index (χ3n) is 3.59. The molecule has 0 aliphatic heterocycles. The van der Waals surface area contributed by atoms with E-state index in [2.05, 4.69) is 31.3 Å². The molecule has 0 fully saturated rings. The second-order valence-electron chi connectivity index (χ2n) is 5.45. The average Bonchev–Trinajstić information content (AvgIpc) is 2.34. The zero-order valence-electron chi connectivity index (χ0n) is 11.4. The van der Waals surface area contributed by atoms with Crippen LogP contribution in [0.5, 0.6) is 0 Å². The summed E-state index contributed by atoms with van der Waals surface area (Å²) in [7, 11) is 0. The third-order valence-corrected chi connectivity index (χ3v) is 3.59. The molecule has 0 bridgehead atoms. The van der Waals surface area contributed by atoms with Crippen molar-refractivity contribution in [3.05, 3.63) is 41.7 Å². The van der Waals surface area contributed by atoms with Gasteiger partial charge in [0.1, 0.15) is 11.9 Å². The molecule has 0 saturated heterocycles. The molecule has 19 heavy (non-hydrogen) atoms. The first kappa shape index (κ1) is 13.6. The van der Waals surface area contributed by atoms with E-state index >= 15 is 0 Å². The lowest BCUT2D eigenvalue weighted by Gasteiger charge is -2.29. The van der Waals surface area contributed by atoms with Crippen LogP contribution in [0.1, 0.15) is 26.7 Å². The molecule has 0 heterocycles. The number of nitrogens with one attached hydrogen (secondary N) is 1. The zero-order valence-corrected chi connectivity index (χ0v) is 11.4. The van der Waals surface area contributed by atoms with Crippen molar-refractivity contribution in [3.63, 3.8) is 0 Å². The number of hydrogen-bond acceptors (Lipinski definition) is 2. The maximum absolute atomic E-state index is 13.2. The fourth-order valence-electron chi connectivity index (χ4n) is 2.86. The Morgan fingerprint density at radius 3 is 2.89 bits per heavy atom. The van der Waals surface area contributed by atoms with Crippen molar-refractivity contribution >= 4 is 5.69 Å². The van der Waals surface area contributed by atoms with E-state index in [4.69, 9.17) is 0 Å². The number of benzene rings is 1. The van der Waals surface area contributed by atoms with E-state index in [1.165, 1.54) is 17.7 Å². The van der Waals surface area contributed by atoms with Gasteiger partial charge in [-0.2, -0.15) is 5.26 Å². The van der Waals surface area contributed by atoms with Crippen LogP contribution >= 0.6 is 0 Å². The Morgan fingerprint density at radius 1 is 1.47 bits per heavy atom. The Hall–Kier alpha value is -1.82. The number of hydrogen-bond donors (Lipinski definition) is 1. The Bertz CT molecular complexity index is 516. The molecule has 1 aromatic carbocycles. The lowest BCUT2D eigenvalue weighted by molar-refractivity contribution is 0.388. The fraction of sp³-hybridized carbons (Fsp3) is 0.438. The summed E-state index contributed by atoms with van der Waals surface area (Å²) in [6.45, 7) is 4.28. The molecule has 2 nitrogen and oxygen atoms in total. The highest BCUT2D eigenvalue weighted by Gasteiger charge is 2.26. The molecular weight excluding hydrogens is 239 g/mol. The Kier molecular flexibility index (Phi) is 4.21. The molecule has 1 aromatic rings. The van der Waals surface area contributed by atoms with Gasteiger partial charge in [0.05, 0.1) is 6.07 Å². The van der Waals surface area contributed by atoms with Gasteiger partial charge in [0.25, 0.3) is 0 Å². The van der Waals surface area contributed by atoms with Crippen LogP contribution in [0.3, 0.4) is 0 Å². The van der Waals surface area contributed by atoms with E-state index in [9.17, 15) is 9.65 Å². The molecule has 1 aliphatic carbocycles. The number of nitriles is 1. The van der Waals surface area contributed by atoms with Gasteiger partial charge in [-0.25, -0.2) is 4.39 Å². The van der Waals surface area contributed by atoms with Crippen molar-refractivity contribution in [2.24, 2.45) is 11.8 Å². The number of nitrogens with zero attached hydrogens (tertiary/aromatic N) is 1. The number of allylic oxidation sites excluding steroid dienone is 2. The number of halogens is 1. The van der Waals surface area contributed by atoms with Crippen LogP contribution in [0.15, 0.2) is 35.9 Å². The van der Waals surface area contributed by atoms with E-state index in [-0.39, 0.29) is 17.8 Å². The molecule has 100 valence electrons. The Balaban J connectivity index is 2.09. The molecule has 1 aliphatic rings. The summed E-state index contributed by atoms with van der Waals surface area (Å²) in [6.07, 6.45) is 4.20. The SMILES string of the molecule is CC1=CC(C)CC(C(C#N)Nc2cccc(F)c2)C1. The van der Waals surface area contributed by atoms with Gasteiger partial charge in [-0.1, -0.05) is 24.6 Å². The molecule has 1 N–H and O–H groups in total. The molecule has 0 radical (unpaired) electrons. The van der Waals surface area contributed by atoms with Gasteiger partial charge in [-0.05, 0) is 49.8 Å². The fourth-order valence-corrected chi connectivity index (χ4v) is 2.86. The van der Waals surface area contributed by atoms with Crippen LogP contribution in [-0.4, -0.2) is 6.04 Å². The smallest absolute Gasteiger partial charge is 0.125 e. The van der Waals surface area contributed by atoms with Gasteiger partial charge in [0.15, 0.2) is 0 Å². The standard InChI is InChI=1S/C16H19FN2/c1-11-6-12(2)8-13(7-11)16(10-18)19-15-5-3-4-14(17)9-15/h3-6,9,11,13,16,19H,7-8H2,1-2H3. The second kappa shape index (κ2) is 5.88. The summed E-state index contributed by atoms with van der Waals surface area (Å²) < 4.78 is 13.2. The molecule has 0 aromatic heterocycles. The van der Waals surface area contributed by atoms with Crippen molar-refractivity contribution in [2.75, 3.05) is 5.32 Å². The highest BCUT2D eigenvalue weighted by molar-refractivity contribution is 5.45. The lowest BCUT2D eigenvalue weighted by Crippen LogP contribution is -2.30. The minimum Gasteiger partial charge on any atom is -0.370 e. The van der Waals surface area contributed by atoms with Crippen LogP contribution in [-0.2, 0) is 0 Å². The topological polar surface area (TPSA) is 35.8 Å². The van der Waals surface area contributed by atoms with Gasteiger partial charge >= 0.3 is 0 Å². The molecule has 0 spiro atoms. The zero-order chi connectivity index (χ0) is 13.8. The first-order valence-corrected chi connectivity index (χ1v) is 6.67. The van der Waals surface area contributed by atoms with Gasteiger partial charge < -0.3 is 5.32 Å². The van der Waals surface area contributed by atoms with Crippen molar-refractivity contribution in [3.8, 4) is 6.07 Å². The van der Waals surface area contributed by atoms with Crippen LogP contribution in [0.2, 0.25) is 0 Å². The predicted molar refractivity (Wildman–Crippen MR) is 75.1 cm³/mol. The number of rotatable bonds is 3. The monoisotopic (exact) mass is 258 g/mol. The summed E-state index contributed by atoms with van der Waals surface area (Å²) in [5.41, 5.74) is 2.01. The summed E-state index contributed by atoms with van der Waals surface area (Å²) in [5, 5.41) is 12.5. The van der Waals surface area contributed by atoms with Crippen LogP contribution in [0, 0.1) is 29.0 Å². The van der Waals surface area contributed by atoms with E-state index in [0.29, 0.717) is 11.6 Å². The minimum absolute atomic E-state index is 0.270. The summed E-state index contributed by atoms with van der Waals surface area (Å²) in [4.78, 5) is 0. The van der Waals surface area contributed by atoms with E-state index < -0.39 is 0 Å². The largest absolute Gasteiger partial charge is 0.370 e. The van der Waals surface area contributed by atoms with Crippen LogP contribution in [0.25, 0.3) is 0 Å². The first-order chi connectivity index (χ1) is 9.08. The maximum atomic E-state index is 13.2. The first-order valence-electron chi connectivity index (χ1n) is 6.67. The van der Waals surface area contributed by atoms with Crippen molar-refractivity contribution < 1.29 is 4.39 Å². The van der Waals surface area contributed by atoms with Gasteiger partial charge in [-0.3, -0.25) is 0 Å². The maximum Gasteiger partial charge on any atom is 0.125 e. The molecule has 3 unspecified atom stereocenters. The van der Waals surface area contributed by atoms with Crippen molar-refractivity contribution in [2.45, 2.75) is 32.7 Å². The van der Waals surface area contributed by atoms with E-state index in [0.717, 1.165) is 12.8 Å². The predicted octanol–water partition coefficient (Wildman–Crippen LogP) is 4.12. The van der Waals surface area contributed by atoms with Gasteiger partial charge in [0.2, 0.25) is 0 Å². The van der Waals surface area contributed by atoms with Crippen molar-refractivity contribution in [1.82, 2.24) is 0 Å². The Morgan fingerprint density at radius 2 is 2.26 bits per heavy atom. The van der Waals surface area contributed by atoms with E-state index in [1.807, 2.05) is 0 Å². The summed E-state index contributed by atoms with van der Waals surface area (Å²) in [6, 6.07) is 8.33. The molecule has 0 amide bonds. The molecule has 2 rings (SSSR count). The van der Waals surface area contributed by atoms with Gasteiger partial charge in [-0.15, -0.1) is 0 Å². The minimum atomic E-state index is -0.283. The molecule has 0 saturated carbocycles. The highest BCUT2D eigenvalue weighted by Crippen LogP contribution is 2.31. The molecule has 3 atom stereocenters. The highest BCUT2D eigenvalue weighted by atomic mass is 19.1. The average molecular weight is 258 g/mol. The summed E-state index contributed by atoms with van der Waals surface area (Å²) >= 11 is 0. The Labute approximate surface area is 113 Å². The van der Waals surface area contributed by atoms with Crippen LogP contribution in [0.4, 0.5) is 10.1 Å². The van der Waals surface area contributed by atoms with Crippen LogP contribution < -0.4 is 5.32 Å². The van der Waals surface area contributed by atoms with Crippen molar-refractivity contribution in [1.29, 1.82) is 5.26 Å². The molecular formula is C16H19FN2. The number of anilines is 1. The normalized spacial score (nSPS) is 24.2.